The lowest BCUT2D eigenvalue weighted by Crippen LogP contribution is -2.43. The summed E-state index contributed by atoms with van der Waals surface area (Å²) in [5, 5.41) is 2.87. The summed E-state index contributed by atoms with van der Waals surface area (Å²) in [4.78, 5) is 11.3. The van der Waals surface area contributed by atoms with Gasteiger partial charge in [0.1, 0.15) is 0 Å². The number of hydrogen-bond donors (Lipinski definition) is 1. The number of hydrogen-bond acceptors (Lipinski definition) is 2. The van der Waals surface area contributed by atoms with Crippen LogP contribution in [0.5, 0.6) is 0 Å². The lowest BCUT2D eigenvalue weighted by atomic mass is 10.1. The van der Waals surface area contributed by atoms with Crippen LogP contribution in [0.4, 0.5) is 0 Å². The van der Waals surface area contributed by atoms with Gasteiger partial charge in [-0.05, 0) is 26.5 Å². The lowest BCUT2D eigenvalue weighted by molar-refractivity contribution is -0.119. The number of amides is 1. The summed E-state index contributed by atoms with van der Waals surface area (Å²) in [6.45, 7) is 3.80. The van der Waals surface area contributed by atoms with Crippen molar-refractivity contribution in [1.29, 1.82) is 0 Å². The van der Waals surface area contributed by atoms with Crippen LogP contribution in [0.25, 0.3) is 0 Å². The second-order valence-electron chi connectivity index (χ2n) is 3.70. The second-order valence-corrected chi connectivity index (χ2v) is 4.94. The number of carbonyl (C=O) groups is 1. The molecular formula is C11H18ClNOS. The number of halogens is 1. The maximum absolute atomic E-state index is 11.3. The molecule has 0 aromatic carbocycles. The van der Waals surface area contributed by atoms with Crippen molar-refractivity contribution >= 4 is 29.3 Å². The second kappa shape index (κ2) is 7.90. The molecule has 1 amide bonds. The Morgan fingerprint density at radius 2 is 2.20 bits per heavy atom. The van der Waals surface area contributed by atoms with Crippen molar-refractivity contribution in [3.05, 3.63) is 0 Å². The van der Waals surface area contributed by atoms with Gasteiger partial charge in [0.2, 0.25) is 5.91 Å². The zero-order chi connectivity index (χ0) is 11.7. The van der Waals surface area contributed by atoms with Crippen molar-refractivity contribution < 1.29 is 4.79 Å². The summed E-state index contributed by atoms with van der Waals surface area (Å²) in [6.07, 6.45) is 3.58. The Hall–Kier alpha value is -0.330. The third-order valence-corrected chi connectivity index (χ3v) is 2.38. The van der Waals surface area contributed by atoms with Gasteiger partial charge in [-0.1, -0.05) is 5.92 Å². The van der Waals surface area contributed by atoms with E-state index in [0.717, 1.165) is 12.8 Å². The van der Waals surface area contributed by atoms with E-state index in [4.69, 9.17) is 11.6 Å². The number of thioether (sulfide) groups is 1. The molecule has 0 unspecified atom stereocenters. The number of unbranched alkanes of at least 4 members (excludes halogenated alkanes) is 1. The van der Waals surface area contributed by atoms with E-state index >= 15 is 0 Å². The molecule has 1 N–H and O–H groups in total. The van der Waals surface area contributed by atoms with E-state index in [9.17, 15) is 4.79 Å². The molecule has 0 saturated heterocycles. The summed E-state index contributed by atoms with van der Waals surface area (Å²) < 4.78 is 0. The van der Waals surface area contributed by atoms with Crippen LogP contribution in [0.15, 0.2) is 0 Å². The van der Waals surface area contributed by atoms with Crippen LogP contribution in [0, 0.1) is 11.8 Å². The van der Waals surface area contributed by atoms with E-state index in [1.807, 2.05) is 20.1 Å². The van der Waals surface area contributed by atoms with E-state index in [2.05, 4.69) is 17.2 Å². The fourth-order valence-electron chi connectivity index (χ4n) is 0.986. The Morgan fingerprint density at radius 3 is 2.73 bits per heavy atom. The molecule has 0 aromatic heterocycles. The molecule has 0 atom stereocenters. The van der Waals surface area contributed by atoms with Gasteiger partial charge < -0.3 is 5.32 Å². The summed E-state index contributed by atoms with van der Waals surface area (Å²) >= 11 is 7.04. The average Bonchev–Trinajstić information content (AvgIpc) is 2.12. The summed E-state index contributed by atoms with van der Waals surface area (Å²) in [5.41, 5.74) is -0.445. The highest BCUT2D eigenvalue weighted by Gasteiger charge is 2.16. The Bertz CT molecular complexity index is 255. The molecule has 0 bridgehead atoms. The average molecular weight is 248 g/mol. The molecule has 0 aromatic rings. The maximum atomic E-state index is 11.3. The van der Waals surface area contributed by atoms with Crippen molar-refractivity contribution in [2.75, 3.05) is 17.9 Å². The Balaban J connectivity index is 4.03. The van der Waals surface area contributed by atoms with Gasteiger partial charge in [0.25, 0.3) is 0 Å². The minimum atomic E-state index is -0.445. The molecule has 0 fully saturated rings. The zero-order valence-electron chi connectivity index (χ0n) is 9.52. The zero-order valence-corrected chi connectivity index (χ0v) is 11.1. The van der Waals surface area contributed by atoms with Gasteiger partial charge in [0.05, 0.1) is 11.3 Å². The van der Waals surface area contributed by atoms with Crippen molar-refractivity contribution in [2.24, 2.45) is 0 Å². The fraction of sp³-hybridized carbons (Fsp3) is 0.727. The molecule has 4 heteroatoms. The molecule has 0 aliphatic heterocycles. The highest BCUT2D eigenvalue weighted by molar-refractivity contribution is 7.99. The molecule has 2 nitrogen and oxygen atoms in total. The Kier molecular flexibility index (Phi) is 7.72. The number of rotatable bonds is 5. The van der Waals surface area contributed by atoms with E-state index in [0.29, 0.717) is 11.6 Å². The Labute approximate surface area is 102 Å². The molecule has 0 rings (SSSR count). The first-order chi connectivity index (χ1) is 7.02. The van der Waals surface area contributed by atoms with E-state index < -0.39 is 5.54 Å². The van der Waals surface area contributed by atoms with E-state index in [1.165, 1.54) is 11.8 Å². The standard InChI is InChI=1S/C11H18ClNOS/c1-11(2,7-5-4-6-8-12)13-10(14)9-15-3/h4,6,8-9H2,1-3H3,(H,13,14). The van der Waals surface area contributed by atoms with Gasteiger partial charge in [-0.2, -0.15) is 11.8 Å². The van der Waals surface area contributed by atoms with Gasteiger partial charge in [-0.25, -0.2) is 0 Å². The molecular weight excluding hydrogens is 230 g/mol. The summed E-state index contributed by atoms with van der Waals surface area (Å²) in [5.74, 6) is 7.19. The minimum Gasteiger partial charge on any atom is -0.340 e. The largest absolute Gasteiger partial charge is 0.340 e. The van der Waals surface area contributed by atoms with Crippen LogP contribution in [-0.2, 0) is 4.79 Å². The molecule has 0 saturated carbocycles. The van der Waals surface area contributed by atoms with Gasteiger partial charge in [-0.15, -0.1) is 17.5 Å². The Morgan fingerprint density at radius 1 is 1.53 bits per heavy atom. The predicted molar refractivity (Wildman–Crippen MR) is 68.3 cm³/mol. The molecule has 0 aliphatic rings. The van der Waals surface area contributed by atoms with Gasteiger partial charge in [0, 0.05) is 12.3 Å². The smallest absolute Gasteiger partial charge is 0.231 e. The van der Waals surface area contributed by atoms with Crippen LogP contribution < -0.4 is 5.32 Å². The highest BCUT2D eigenvalue weighted by Crippen LogP contribution is 2.02. The third-order valence-electron chi connectivity index (χ3n) is 1.56. The third kappa shape index (κ3) is 8.65. The van der Waals surface area contributed by atoms with Crippen LogP contribution in [0.3, 0.4) is 0 Å². The first-order valence-electron chi connectivity index (χ1n) is 4.88. The fourth-order valence-corrected chi connectivity index (χ4v) is 1.45. The predicted octanol–water partition coefficient (Wildman–Crippen LogP) is 2.27. The SMILES string of the molecule is CSCC(=O)NC(C)(C)C#CCCCCl. The van der Waals surface area contributed by atoms with E-state index in [-0.39, 0.29) is 5.91 Å². The van der Waals surface area contributed by atoms with Crippen LogP contribution in [0.2, 0.25) is 0 Å². The molecule has 0 spiro atoms. The summed E-state index contributed by atoms with van der Waals surface area (Å²) in [7, 11) is 0. The minimum absolute atomic E-state index is 0.0270. The quantitative estimate of drug-likeness (QED) is 0.459. The number of carbonyl (C=O) groups excluding carboxylic acids is 1. The molecule has 15 heavy (non-hydrogen) atoms. The molecule has 86 valence electrons. The summed E-state index contributed by atoms with van der Waals surface area (Å²) in [6, 6.07) is 0. The first kappa shape index (κ1) is 14.7. The van der Waals surface area contributed by atoms with Crippen LogP contribution in [-0.4, -0.2) is 29.3 Å². The molecule has 0 aliphatic carbocycles. The van der Waals surface area contributed by atoms with Crippen molar-refractivity contribution in [1.82, 2.24) is 5.32 Å². The van der Waals surface area contributed by atoms with Gasteiger partial charge >= 0.3 is 0 Å². The van der Waals surface area contributed by atoms with Gasteiger partial charge in [-0.3, -0.25) is 4.79 Å². The normalized spacial score (nSPS) is 10.4. The van der Waals surface area contributed by atoms with Crippen molar-refractivity contribution in [3.8, 4) is 11.8 Å². The topological polar surface area (TPSA) is 29.1 Å². The van der Waals surface area contributed by atoms with Gasteiger partial charge in [0.15, 0.2) is 0 Å². The monoisotopic (exact) mass is 247 g/mol. The highest BCUT2D eigenvalue weighted by atomic mass is 35.5. The number of alkyl halides is 1. The molecule has 0 heterocycles. The molecule has 0 radical (unpaired) electrons. The number of nitrogens with one attached hydrogen (secondary N) is 1. The van der Waals surface area contributed by atoms with Crippen molar-refractivity contribution in [3.63, 3.8) is 0 Å². The van der Waals surface area contributed by atoms with Crippen molar-refractivity contribution in [2.45, 2.75) is 32.2 Å². The maximum Gasteiger partial charge on any atom is 0.231 e. The van der Waals surface area contributed by atoms with E-state index in [1.54, 1.807) is 0 Å². The van der Waals surface area contributed by atoms with Crippen LogP contribution >= 0.6 is 23.4 Å². The first-order valence-corrected chi connectivity index (χ1v) is 6.80. The van der Waals surface area contributed by atoms with Crippen LogP contribution in [0.1, 0.15) is 26.7 Å². The lowest BCUT2D eigenvalue weighted by Gasteiger charge is -2.19.